The molecule has 5 nitrogen and oxygen atoms in total. The van der Waals surface area contributed by atoms with E-state index >= 15 is 0 Å². The first kappa shape index (κ1) is 19.2. The van der Waals surface area contributed by atoms with E-state index in [2.05, 4.69) is 41.2 Å². The van der Waals surface area contributed by atoms with E-state index in [1.54, 1.807) is 12.4 Å². The van der Waals surface area contributed by atoms with Gasteiger partial charge in [0.15, 0.2) is 5.65 Å². The number of hydrogen-bond donors (Lipinski definition) is 0. The highest BCUT2D eigenvalue weighted by molar-refractivity contribution is 5.96. The van der Waals surface area contributed by atoms with Crippen molar-refractivity contribution in [2.75, 3.05) is 0 Å². The van der Waals surface area contributed by atoms with Gasteiger partial charge in [-0.2, -0.15) is 0 Å². The zero-order valence-electron chi connectivity index (χ0n) is 18.0. The first-order chi connectivity index (χ1) is 16.3. The standard InChI is InChI=1S/C28H19N5/c1-18-23(19-10-4-2-5-11-19)26(33-28-24(18)29-16-17-30-28)27-25(20-12-6-3-7-13-20)31-21-14-8-9-15-22(21)32-27/h2-17H,1H3. The lowest BCUT2D eigenvalue weighted by Crippen LogP contribution is -2.02. The molecule has 0 atom stereocenters. The Balaban J connectivity index is 1.76. The molecule has 6 rings (SSSR count). The fourth-order valence-corrected chi connectivity index (χ4v) is 4.23. The molecule has 33 heavy (non-hydrogen) atoms. The summed E-state index contributed by atoms with van der Waals surface area (Å²) in [5, 5.41) is 0. The fraction of sp³-hybridized carbons (Fsp3) is 0.0357. The summed E-state index contributed by atoms with van der Waals surface area (Å²) in [5.41, 5.74) is 9.38. The molecule has 0 aliphatic heterocycles. The van der Waals surface area contributed by atoms with Crippen molar-refractivity contribution in [3.8, 4) is 33.8 Å². The van der Waals surface area contributed by atoms with Crippen LogP contribution in [0.25, 0.3) is 56.0 Å². The van der Waals surface area contributed by atoms with Crippen molar-refractivity contribution < 1.29 is 0 Å². The third kappa shape index (κ3) is 3.31. The van der Waals surface area contributed by atoms with Crippen LogP contribution in [0.15, 0.2) is 97.3 Å². The number of pyridine rings is 1. The van der Waals surface area contributed by atoms with E-state index in [1.807, 2.05) is 60.7 Å². The Morgan fingerprint density at radius 3 is 1.79 bits per heavy atom. The van der Waals surface area contributed by atoms with Gasteiger partial charge in [-0.3, -0.25) is 4.98 Å². The van der Waals surface area contributed by atoms with Gasteiger partial charge in [-0.25, -0.2) is 19.9 Å². The Morgan fingerprint density at radius 1 is 0.515 bits per heavy atom. The van der Waals surface area contributed by atoms with Crippen LogP contribution in [0.4, 0.5) is 0 Å². The number of rotatable bonds is 3. The number of para-hydroxylation sites is 2. The normalized spacial score (nSPS) is 11.2. The van der Waals surface area contributed by atoms with Gasteiger partial charge in [0.25, 0.3) is 0 Å². The van der Waals surface area contributed by atoms with E-state index < -0.39 is 0 Å². The van der Waals surface area contributed by atoms with Crippen molar-refractivity contribution in [3.05, 3.63) is 103 Å². The summed E-state index contributed by atoms with van der Waals surface area (Å²) >= 11 is 0. The first-order valence-corrected chi connectivity index (χ1v) is 10.8. The van der Waals surface area contributed by atoms with Gasteiger partial charge >= 0.3 is 0 Å². The molecule has 0 aliphatic rings. The summed E-state index contributed by atoms with van der Waals surface area (Å²) in [5.74, 6) is 0. The monoisotopic (exact) mass is 425 g/mol. The van der Waals surface area contributed by atoms with Crippen LogP contribution in [0.3, 0.4) is 0 Å². The lowest BCUT2D eigenvalue weighted by Gasteiger charge is -2.16. The van der Waals surface area contributed by atoms with Crippen LogP contribution in [-0.4, -0.2) is 24.9 Å². The molecule has 0 fully saturated rings. The Bertz CT molecular complexity index is 1610. The topological polar surface area (TPSA) is 64.5 Å². The van der Waals surface area contributed by atoms with Gasteiger partial charge in [-0.05, 0) is 30.2 Å². The predicted molar refractivity (Wildman–Crippen MR) is 131 cm³/mol. The fourth-order valence-electron chi connectivity index (χ4n) is 4.23. The van der Waals surface area contributed by atoms with Crippen molar-refractivity contribution in [2.45, 2.75) is 6.92 Å². The molecule has 0 aliphatic carbocycles. The molecular weight excluding hydrogens is 406 g/mol. The average molecular weight is 425 g/mol. The predicted octanol–water partition coefficient (Wildman–Crippen LogP) is 6.28. The molecule has 0 N–H and O–H groups in total. The molecule has 156 valence electrons. The number of aromatic nitrogens is 5. The number of hydrogen-bond acceptors (Lipinski definition) is 5. The van der Waals surface area contributed by atoms with Crippen LogP contribution in [0.5, 0.6) is 0 Å². The summed E-state index contributed by atoms with van der Waals surface area (Å²) in [6.45, 7) is 2.07. The van der Waals surface area contributed by atoms with Gasteiger partial charge in [0.2, 0.25) is 0 Å². The minimum atomic E-state index is 0.596. The highest BCUT2D eigenvalue weighted by Crippen LogP contribution is 2.39. The van der Waals surface area contributed by atoms with Crippen LogP contribution in [-0.2, 0) is 0 Å². The molecule has 0 saturated carbocycles. The van der Waals surface area contributed by atoms with Crippen LogP contribution in [0.2, 0.25) is 0 Å². The summed E-state index contributed by atoms with van der Waals surface area (Å²) in [7, 11) is 0. The minimum Gasteiger partial charge on any atom is -0.251 e. The number of fused-ring (bicyclic) bond motifs is 2. The Hall–Kier alpha value is -4.51. The maximum absolute atomic E-state index is 5.08. The van der Waals surface area contributed by atoms with Gasteiger partial charge in [0.1, 0.15) is 16.9 Å². The smallest absolute Gasteiger partial charge is 0.179 e. The summed E-state index contributed by atoms with van der Waals surface area (Å²) in [4.78, 5) is 24.2. The third-order valence-corrected chi connectivity index (χ3v) is 5.77. The van der Waals surface area contributed by atoms with Crippen molar-refractivity contribution in [2.24, 2.45) is 0 Å². The maximum atomic E-state index is 5.08. The van der Waals surface area contributed by atoms with Gasteiger partial charge in [0.05, 0.1) is 16.7 Å². The van der Waals surface area contributed by atoms with Crippen LogP contribution in [0, 0.1) is 6.92 Å². The lowest BCUT2D eigenvalue weighted by molar-refractivity contribution is 1.19. The third-order valence-electron chi connectivity index (χ3n) is 5.77. The molecule has 0 radical (unpaired) electrons. The molecule has 0 saturated heterocycles. The second-order valence-electron chi connectivity index (χ2n) is 7.83. The molecular formula is C28H19N5. The molecule has 0 amide bonds. The van der Waals surface area contributed by atoms with Gasteiger partial charge in [0, 0.05) is 23.5 Å². The molecule has 6 aromatic rings. The zero-order valence-corrected chi connectivity index (χ0v) is 18.0. The molecule has 0 unspecified atom stereocenters. The molecule has 3 aromatic heterocycles. The van der Waals surface area contributed by atoms with E-state index in [9.17, 15) is 0 Å². The molecule has 5 heteroatoms. The van der Waals surface area contributed by atoms with Crippen molar-refractivity contribution >= 4 is 22.2 Å². The summed E-state index contributed by atoms with van der Waals surface area (Å²) < 4.78 is 0. The summed E-state index contributed by atoms with van der Waals surface area (Å²) in [6.07, 6.45) is 3.38. The quantitative estimate of drug-likeness (QED) is 0.334. The SMILES string of the molecule is Cc1c(-c2ccccc2)c(-c2nc3ccccc3nc2-c2ccccc2)nc2nccnc12. The van der Waals surface area contributed by atoms with Gasteiger partial charge in [-0.1, -0.05) is 72.8 Å². The van der Waals surface area contributed by atoms with Crippen molar-refractivity contribution in [3.63, 3.8) is 0 Å². The van der Waals surface area contributed by atoms with Gasteiger partial charge < -0.3 is 0 Å². The molecule has 0 bridgehead atoms. The maximum Gasteiger partial charge on any atom is 0.179 e. The largest absolute Gasteiger partial charge is 0.251 e. The average Bonchev–Trinajstić information content (AvgIpc) is 2.89. The minimum absolute atomic E-state index is 0.596. The number of nitrogens with zero attached hydrogens (tertiary/aromatic N) is 5. The number of aryl methyl sites for hydroxylation is 1. The Labute approximate surface area is 190 Å². The van der Waals surface area contributed by atoms with Crippen LogP contribution in [0.1, 0.15) is 5.56 Å². The zero-order chi connectivity index (χ0) is 22.2. The van der Waals surface area contributed by atoms with Crippen LogP contribution >= 0.6 is 0 Å². The Kier molecular flexibility index (Phi) is 4.58. The lowest BCUT2D eigenvalue weighted by atomic mass is 9.94. The van der Waals surface area contributed by atoms with E-state index in [-0.39, 0.29) is 0 Å². The number of benzene rings is 3. The van der Waals surface area contributed by atoms with Crippen molar-refractivity contribution in [1.82, 2.24) is 24.9 Å². The second kappa shape index (κ2) is 7.88. The highest BCUT2D eigenvalue weighted by atomic mass is 14.9. The molecule has 0 spiro atoms. The first-order valence-electron chi connectivity index (χ1n) is 10.8. The molecule has 3 aromatic carbocycles. The second-order valence-corrected chi connectivity index (χ2v) is 7.83. The highest BCUT2D eigenvalue weighted by Gasteiger charge is 2.22. The Morgan fingerprint density at radius 2 is 1.09 bits per heavy atom. The van der Waals surface area contributed by atoms with Crippen LogP contribution < -0.4 is 0 Å². The van der Waals surface area contributed by atoms with Gasteiger partial charge in [-0.15, -0.1) is 0 Å². The van der Waals surface area contributed by atoms with E-state index in [0.717, 1.165) is 55.9 Å². The van der Waals surface area contributed by atoms with Crippen molar-refractivity contribution in [1.29, 1.82) is 0 Å². The summed E-state index contributed by atoms with van der Waals surface area (Å²) in [6, 6.07) is 28.3. The van der Waals surface area contributed by atoms with E-state index in [1.165, 1.54) is 0 Å². The molecule has 3 heterocycles. The van der Waals surface area contributed by atoms with E-state index in [4.69, 9.17) is 15.0 Å². The van der Waals surface area contributed by atoms with E-state index in [0.29, 0.717) is 5.65 Å².